The molecule has 0 aliphatic heterocycles. The Morgan fingerprint density at radius 1 is 1.04 bits per heavy atom. The van der Waals surface area contributed by atoms with E-state index in [2.05, 4.69) is 15.5 Å². The average Bonchev–Trinajstić information content (AvgIpc) is 3.42. The van der Waals surface area contributed by atoms with Crippen molar-refractivity contribution in [2.75, 3.05) is 7.11 Å². The monoisotopic (exact) mass is 379 g/mol. The van der Waals surface area contributed by atoms with Crippen LogP contribution in [0, 0.1) is 5.82 Å². The van der Waals surface area contributed by atoms with Crippen LogP contribution in [0.5, 0.6) is 5.75 Å². The molecule has 0 aliphatic rings. The summed E-state index contributed by atoms with van der Waals surface area (Å²) in [4.78, 5) is 4.34. The van der Waals surface area contributed by atoms with Crippen LogP contribution in [0.4, 0.5) is 4.39 Å². The fourth-order valence-electron chi connectivity index (χ4n) is 2.90. The number of ether oxygens (including phenoxy) is 1. The highest BCUT2D eigenvalue weighted by atomic mass is 19.1. The van der Waals surface area contributed by atoms with Gasteiger partial charge in [-0.3, -0.25) is 5.32 Å². The number of halogens is 1. The third kappa shape index (κ3) is 3.94. The normalized spacial score (nSPS) is 12.1. The molecule has 1 N–H and O–H groups in total. The van der Waals surface area contributed by atoms with Crippen LogP contribution in [0.2, 0.25) is 0 Å². The van der Waals surface area contributed by atoms with Crippen molar-refractivity contribution in [1.82, 2.24) is 15.5 Å². The minimum atomic E-state index is -0.280. The van der Waals surface area contributed by atoms with Gasteiger partial charge in [-0.25, -0.2) is 4.39 Å². The summed E-state index contributed by atoms with van der Waals surface area (Å²) in [6.45, 7) is 0.335. The highest BCUT2D eigenvalue weighted by Gasteiger charge is 2.17. The maximum absolute atomic E-state index is 13.4. The largest absolute Gasteiger partial charge is 0.497 e. The van der Waals surface area contributed by atoms with Gasteiger partial charge < -0.3 is 13.7 Å². The smallest absolute Gasteiger partial charge is 0.241 e. The molecule has 0 saturated heterocycles. The highest BCUT2D eigenvalue weighted by Crippen LogP contribution is 2.25. The molecule has 0 radical (unpaired) electrons. The van der Waals surface area contributed by atoms with Gasteiger partial charge in [-0.05, 0) is 47.5 Å². The van der Waals surface area contributed by atoms with Gasteiger partial charge in [0, 0.05) is 0 Å². The summed E-state index contributed by atoms with van der Waals surface area (Å²) in [7, 11) is 1.62. The minimum absolute atomic E-state index is 0.189. The summed E-state index contributed by atoms with van der Waals surface area (Å²) in [6, 6.07) is 17.4. The molecule has 0 unspecified atom stereocenters. The zero-order valence-electron chi connectivity index (χ0n) is 15.1. The standard InChI is InChI=1S/C21H18FN3O3/c1-26-17-10-6-15(7-11-17)20(14-4-8-16(22)9-5-14)23-13-19-24-21(25-28-19)18-3-2-12-27-18/h2-12,20,23H,13H2,1H3/t20-/m0/s1. The predicted octanol–water partition coefficient (Wildman–Crippen LogP) is 4.36. The number of nitrogens with one attached hydrogen (secondary N) is 1. The van der Waals surface area contributed by atoms with E-state index in [9.17, 15) is 4.39 Å². The molecule has 28 heavy (non-hydrogen) atoms. The first-order valence-corrected chi connectivity index (χ1v) is 8.72. The van der Waals surface area contributed by atoms with Crippen molar-refractivity contribution in [2.45, 2.75) is 12.6 Å². The van der Waals surface area contributed by atoms with Crippen LogP contribution in [0.15, 0.2) is 75.9 Å². The topological polar surface area (TPSA) is 73.3 Å². The number of furan rings is 1. The Kier molecular flexibility index (Phi) is 5.16. The Morgan fingerprint density at radius 3 is 2.39 bits per heavy atom. The molecule has 2 aromatic carbocycles. The maximum Gasteiger partial charge on any atom is 0.241 e. The number of hydrogen-bond donors (Lipinski definition) is 1. The fraction of sp³-hybridized carbons (Fsp3) is 0.143. The molecule has 4 rings (SSSR count). The van der Waals surface area contributed by atoms with Crippen molar-refractivity contribution in [3.05, 3.63) is 89.8 Å². The Morgan fingerprint density at radius 2 is 1.75 bits per heavy atom. The molecule has 0 saturated carbocycles. The van der Waals surface area contributed by atoms with Gasteiger partial charge in [0.1, 0.15) is 11.6 Å². The Bertz CT molecular complexity index is 1010. The molecular formula is C21H18FN3O3. The number of methoxy groups -OCH3 is 1. The Labute approximate surface area is 161 Å². The van der Waals surface area contributed by atoms with Crippen LogP contribution in [0.3, 0.4) is 0 Å². The van der Waals surface area contributed by atoms with Crippen molar-refractivity contribution in [1.29, 1.82) is 0 Å². The van der Waals surface area contributed by atoms with Crippen LogP contribution in [-0.2, 0) is 6.54 Å². The third-order valence-corrected chi connectivity index (χ3v) is 4.32. The Hall–Kier alpha value is -3.45. The van der Waals surface area contributed by atoms with Crippen LogP contribution in [-0.4, -0.2) is 17.3 Å². The van der Waals surface area contributed by atoms with Gasteiger partial charge >= 0.3 is 0 Å². The summed E-state index contributed by atoms with van der Waals surface area (Å²) in [5.74, 6) is 1.84. The maximum atomic E-state index is 13.4. The highest BCUT2D eigenvalue weighted by molar-refractivity contribution is 5.44. The number of aromatic nitrogens is 2. The lowest BCUT2D eigenvalue weighted by Crippen LogP contribution is -2.22. The quantitative estimate of drug-likeness (QED) is 0.514. The molecule has 0 aliphatic carbocycles. The average molecular weight is 379 g/mol. The predicted molar refractivity (Wildman–Crippen MR) is 100 cm³/mol. The van der Waals surface area contributed by atoms with Crippen molar-refractivity contribution in [3.8, 4) is 17.3 Å². The first-order valence-electron chi connectivity index (χ1n) is 8.72. The van der Waals surface area contributed by atoms with Gasteiger partial charge in [0.15, 0.2) is 5.76 Å². The van der Waals surface area contributed by atoms with Crippen molar-refractivity contribution < 1.29 is 18.1 Å². The number of nitrogens with zero attached hydrogens (tertiary/aromatic N) is 2. The number of rotatable bonds is 7. The second kappa shape index (κ2) is 8.06. The van der Waals surface area contributed by atoms with E-state index in [4.69, 9.17) is 13.7 Å². The second-order valence-electron chi connectivity index (χ2n) is 6.13. The zero-order chi connectivity index (χ0) is 19.3. The molecule has 7 heteroatoms. The van der Waals surface area contributed by atoms with E-state index in [1.165, 1.54) is 12.1 Å². The molecule has 6 nitrogen and oxygen atoms in total. The number of benzene rings is 2. The van der Waals surface area contributed by atoms with Crippen LogP contribution < -0.4 is 10.1 Å². The van der Waals surface area contributed by atoms with Crippen molar-refractivity contribution in [3.63, 3.8) is 0 Å². The van der Waals surface area contributed by atoms with Crippen LogP contribution >= 0.6 is 0 Å². The minimum Gasteiger partial charge on any atom is -0.497 e. The fourth-order valence-corrected chi connectivity index (χ4v) is 2.90. The third-order valence-electron chi connectivity index (χ3n) is 4.32. The molecular weight excluding hydrogens is 361 g/mol. The lowest BCUT2D eigenvalue weighted by atomic mass is 9.98. The summed E-state index contributed by atoms with van der Waals surface area (Å²) in [5.41, 5.74) is 1.91. The van der Waals surface area contributed by atoms with E-state index < -0.39 is 0 Å². The van der Waals surface area contributed by atoms with Crippen LogP contribution in [0.25, 0.3) is 11.6 Å². The molecule has 142 valence electrons. The van der Waals surface area contributed by atoms with Gasteiger partial charge in [-0.1, -0.05) is 29.4 Å². The molecule has 0 bridgehead atoms. The van der Waals surface area contributed by atoms with E-state index in [0.717, 1.165) is 16.9 Å². The van der Waals surface area contributed by atoms with Gasteiger partial charge in [0.25, 0.3) is 0 Å². The first kappa shape index (κ1) is 17.9. The summed E-state index contributed by atoms with van der Waals surface area (Å²) < 4.78 is 29.2. The SMILES string of the molecule is COc1ccc([C@@H](NCc2nc(-c3ccco3)no2)c2ccc(F)cc2)cc1. The van der Waals surface area contributed by atoms with Crippen LogP contribution in [0.1, 0.15) is 23.1 Å². The molecule has 0 spiro atoms. The number of hydrogen-bond acceptors (Lipinski definition) is 6. The van der Waals surface area contributed by atoms with Crippen molar-refractivity contribution >= 4 is 0 Å². The molecule has 2 aromatic heterocycles. The lowest BCUT2D eigenvalue weighted by molar-refractivity contribution is 0.362. The van der Waals surface area contributed by atoms with Gasteiger partial charge in [0.05, 0.1) is 26.0 Å². The van der Waals surface area contributed by atoms with E-state index in [-0.39, 0.29) is 11.9 Å². The Balaban J connectivity index is 1.55. The van der Waals surface area contributed by atoms with E-state index >= 15 is 0 Å². The van der Waals surface area contributed by atoms with Gasteiger partial charge in [-0.2, -0.15) is 4.98 Å². The molecule has 2 heterocycles. The van der Waals surface area contributed by atoms with Crippen molar-refractivity contribution in [2.24, 2.45) is 0 Å². The summed E-state index contributed by atoms with van der Waals surface area (Å²) >= 11 is 0. The van der Waals surface area contributed by atoms with E-state index in [1.807, 2.05) is 24.3 Å². The summed E-state index contributed by atoms with van der Waals surface area (Å²) in [5, 5.41) is 7.32. The first-order chi connectivity index (χ1) is 13.7. The molecule has 0 fully saturated rings. The molecule has 1 atom stereocenters. The molecule has 4 aromatic rings. The van der Waals surface area contributed by atoms with Gasteiger partial charge in [0.2, 0.25) is 11.7 Å². The van der Waals surface area contributed by atoms with E-state index in [1.54, 1.807) is 37.6 Å². The van der Waals surface area contributed by atoms with Gasteiger partial charge in [-0.15, -0.1) is 0 Å². The summed E-state index contributed by atoms with van der Waals surface area (Å²) in [6.07, 6.45) is 1.55. The molecule has 0 amide bonds. The zero-order valence-corrected chi connectivity index (χ0v) is 15.1. The lowest BCUT2D eigenvalue weighted by Gasteiger charge is -2.19. The van der Waals surface area contributed by atoms with E-state index in [0.29, 0.717) is 24.0 Å². The second-order valence-corrected chi connectivity index (χ2v) is 6.13.